The molecule has 1 saturated heterocycles. The maximum absolute atomic E-state index is 12.8. The van der Waals surface area contributed by atoms with Crippen molar-refractivity contribution in [2.75, 3.05) is 25.4 Å². The van der Waals surface area contributed by atoms with Gasteiger partial charge in [0.15, 0.2) is 0 Å². The minimum atomic E-state index is -0.571. The van der Waals surface area contributed by atoms with E-state index in [1.807, 2.05) is 58.0 Å². The molecule has 2 aromatic rings. The number of benzene rings is 1. The monoisotopic (exact) mass is 491 g/mol. The number of aryl methyl sites for hydroxylation is 2. The maximum Gasteiger partial charge on any atom is 0.410 e. The SMILES string of the molecule is Cc1nc(SCC[C@@H]2CN(C(=O)OCc3ccccc3)CCN2C(=O)OC(C)(C)C)sc1C. The van der Waals surface area contributed by atoms with Gasteiger partial charge in [-0.3, -0.25) is 0 Å². The fraction of sp³-hybridized carbons (Fsp3) is 0.542. The molecule has 1 aliphatic rings. The minimum absolute atomic E-state index is 0.146. The molecule has 0 N–H and O–H groups in total. The third-order valence-corrected chi connectivity index (χ3v) is 7.51. The summed E-state index contributed by atoms with van der Waals surface area (Å²) in [4.78, 5) is 34.8. The van der Waals surface area contributed by atoms with Crippen molar-refractivity contribution in [2.45, 2.75) is 63.6 Å². The number of rotatable bonds is 6. The molecule has 0 unspecified atom stereocenters. The number of nitrogens with zero attached hydrogens (tertiary/aromatic N) is 3. The summed E-state index contributed by atoms with van der Waals surface area (Å²) >= 11 is 3.38. The Labute approximate surface area is 204 Å². The van der Waals surface area contributed by atoms with E-state index in [0.29, 0.717) is 19.6 Å². The molecule has 7 nitrogen and oxygen atoms in total. The summed E-state index contributed by atoms with van der Waals surface area (Å²) in [5, 5.41) is 0. The van der Waals surface area contributed by atoms with Crippen LogP contribution in [0, 0.1) is 13.8 Å². The second kappa shape index (κ2) is 11.2. The van der Waals surface area contributed by atoms with Crippen molar-refractivity contribution >= 4 is 35.3 Å². The summed E-state index contributed by atoms with van der Waals surface area (Å²) in [5.41, 5.74) is 1.43. The fourth-order valence-corrected chi connectivity index (χ4v) is 5.69. The zero-order valence-corrected chi connectivity index (χ0v) is 21.6. The Balaban J connectivity index is 1.61. The Morgan fingerprint density at radius 2 is 1.88 bits per heavy atom. The van der Waals surface area contributed by atoms with Crippen LogP contribution in [-0.4, -0.2) is 64.0 Å². The van der Waals surface area contributed by atoms with Gasteiger partial charge in [-0.05, 0) is 46.6 Å². The highest BCUT2D eigenvalue weighted by Crippen LogP contribution is 2.28. The van der Waals surface area contributed by atoms with Gasteiger partial charge in [0.2, 0.25) is 0 Å². The predicted octanol–water partition coefficient (Wildman–Crippen LogP) is 5.50. The first-order chi connectivity index (χ1) is 15.6. The summed E-state index contributed by atoms with van der Waals surface area (Å²) in [5.74, 6) is 0.795. The quantitative estimate of drug-likeness (QED) is 0.497. The molecule has 1 aliphatic heterocycles. The highest BCUT2D eigenvalue weighted by atomic mass is 32.2. The third-order valence-electron chi connectivity index (χ3n) is 5.26. The number of carbonyl (C=O) groups is 2. The van der Waals surface area contributed by atoms with Gasteiger partial charge < -0.3 is 19.3 Å². The van der Waals surface area contributed by atoms with Gasteiger partial charge in [-0.1, -0.05) is 42.1 Å². The number of thiazole rings is 1. The van der Waals surface area contributed by atoms with Crippen molar-refractivity contribution in [3.05, 3.63) is 46.5 Å². The zero-order chi connectivity index (χ0) is 24.0. The minimum Gasteiger partial charge on any atom is -0.445 e. The number of piperazine rings is 1. The number of carbonyl (C=O) groups excluding carboxylic acids is 2. The first-order valence-electron chi connectivity index (χ1n) is 11.1. The summed E-state index contributed by atoms with van der Waals surface area (Å²) in [7, 11) is 0. The largest absolute Gasteiger partial charge is 0.445 e. The molecule has 0 bridgehead atoms. The smallest absolute Gasteiger partial charge is 0.410 e. The Bertz CT molecular complexity index is 923. The van der Waals surface area contributed by atoms with E-state index in [9.17, 15) is 9.59 Å². The van der Waals surface area contributed by atoms with Crippen molar-refractivity contribution in [3.8, 4) is 0 Å². The molecule has 0 saturated carbocycles. The molecule has 0 spiro atoms. The lowest BCUT2D eigenvalue weighted by atomic mass is 10.1. The van der Waals surface area contributed by atoms with Gasteiger partial charge >= 0.3 is 12.2 Å². The number of hydrogen-bond donors (Lipinski definition) is 0. The van der Waals surface area contributed by atoms with Crippen LogP contribution in [0.1, 0.15) is 43.3 Å². The number of thioether (sulfide) groups is 1. The van der Waals surface area contributed by atoms with Crippen LogP contribution in [-0.2, 0) is 16.1 Å². The van der Waals surface area contributed by atoms with Crippen LogP contribution in [0.15, 0.2) is 34.7 Å². The van der Waals surface area contributed by atoms with Crippen LogP contribution in [0.2, 0.25) is 0 Å². The van der Waals surface area contributed by atoms with Gasteiger partial charge in [0.25, 0.3) is 0 Å². The second-order valence-electron chi connectivity index (χ2n) is 9.07. The molecule has 2 amide bonds. The van der Waals surface area contributed by atoms with E-state index in [4.69, 9.17) is 9.47 Å². The molecule has 1 fully saturated rings. The first kappa shape index (κ1) is 25.4. The number of aromatic nitrogens is 1. The highest BCUT2D eigenvalue weighted by molar-refractivity contribution is 8.01. The standard InChI is InChI=1S/C24H33N3O4S2/c1-17-18(2)33-21(25-17)32-14-11-20-15-26(12-13-27(20)23(29)31-24(3,4)5)22(28)30-16-19-9-7-6-8-10-19/h6-10,20H,11-16H2,1-5H3/t20-/m1/s1. The number of ether oxygens (including phenoxy) is 2. The molecule has 1 atom stereocenters. The predicted molar refractivity (Wildman–Crippen MR) is 132 cm³/mol. The zero-order valence-electron chi connectivity index (χ0n) is 20.0. The molecule has 0 aliphatic carbocycles. The molecule has 0 radical (unpaired) electrons. The van der Waals surface area contributed by atoms with Gasteiger partial charge in [-0.15, -0.1) is 11.3 Å². The molecular weight excluding hydrogens is 458 g/mol. The molecule has 9 heteroatoms. The van der Waals surface area contributed by atoms with Crippen LogP contribution >= 0.6 is 23.1 Å². The molecule has 1 aromatic heterocycles. The maximum atomic E-state index is 12.8. The van der Waals surface area contributed by atoms with Crippen LogP contribution in [0.3, 0.4) is 0 Å². The normalized spacial score (nSPS) is 16.6. The van der Waals surface area contributed by atoms with E-state index < -0.39 is 5.60 Å². The average molecular weight is 492 g/mol. The Morgan fingerprint density at radius 1 is 1.15 bits per heavy atom. The fourth-order valence-electron chi connectivity index (χ4n) is 3.43. The summed E-state index contributed by atoms with van der Waals surface area (Å²) in [6, 6.07) is 9.47. The van der Waals surface area contributed by atoms with Gasteiger partial charge in [0, 0.05) is 30.3 Å². The molecule has 3 rings (SSSR count). The van der Waals surface area contributed by atoms with Crippen molar-refractivity contribution in [2.24, 2.45) is 0 Å². The highest BCUT2D eigenvalue weighted by Gasteiger charge is 2.35. The van der Waals surface area contributed by atoms with E-state index in [1.165, 1.54) is 4.88 Å². The molecule has 2 heterocycles. The Hall–Kier alpha value is -2.26. The van der Waals surface area contributed by atoms with E-state index >= 15 is 0 Å². The first-order valence-corrected chi connectivity index (χ1v) is 12.9. The summed E-state index contributed by atoms with van der Waals surface area (Å²) < 4.78 is 12.2. The summed E-state index contributed by atoms with van der Waals surface area (Å²) in [6.07, 6.45) is 0.0339. The van der Waals surface area contributed by atoms with Gasteiger partial charge in [-0.2, -0.15) is 0 Å². The van der Waals surface area contributed by atoms with Crippen molar-refractivity contribution in [1.29, 1.82) is 0 Å². The van der Waals surface area contributed by atoms with Gasteiger partial charge in [0.1, 0.15) is 16.5 Å². The Morgan fingerprint density at radius 3 is 2.52 bits per heavy atom. The lowest BCUT2D eigenvalue weighted by Crippen LogP contribution is -2.57. The van der Waals surface area contributed by atoms with Crippen LogP contribution in [0.4, 0.5) is 9.59 Å². The van der Waals surface area contributed by atoms with E-state index in [2.05, 4.69) is 11.9 Å². The average Bonchev–Trinajstić information content (AvgIpc) is 3.08. The third kappa shape index (κ3) is 7.64. The summed E-state index contributed by atoms with van der Waals surface area (Å²) in [6.45, 7) is 11.2. The molecule has 33 heavy (non-hydrogen) atoms. The van der Waals surface area contributed by atoms with Crippen LogP contribution in [0.25, 0.3) is 0 Å². The number of amides is 2. The van der Waals surface area contributed by atoms with E-state index in [0.717, 1.165) is 27.8 Å². The van der Waals surface area contributed by atoms with Gasteiger partial charge in [0.05, 0.1) is 11.7 Å². The van der Waals surface area contributed by atoms with E-state index in [-0.39, 0.29) is 24.8 Å². The molecule has 1 aromatic carbocycles. The lowest BCUT2D eigenvalue weighted by Gasteiger charge is -2.41. The molecular formula is C24H33N3O4S2. The van der Waals surface area contributed by atoms with Crippen molar-refractivity contribution < 1.29 is 19.1 Å². The van der Waals surface area contributed by atoms with Crippen LogP contribution in [0.5, 0.6) is 0 Å². The second-order valence-corrected chi connectivity index (χ2v) is 11.6. The lowest BCUT2D eigenvalue weighted by molar-refractivity contribution is -0.00349. The molecule has 180 valence electrons. The van der Waals surface area contributed by atoms with Crippen molar-refractivity contribution in [1.82, 2.24) is 14.8 Å². The van der Waals surface area contributed by atoms with E-state index in [1.54, 1.807) is 32.9 Å². The topological polar surface area (TPSA) is 72.0 Å². The van der Waals surface area contributed by atoms with Crippen LogP contribution < -0.4 is 0 Å². The number of hydrogen-bond acceptors (Lipinski definition) is 7. The van der Waals surface area contributed by atoms with Gasteiger partial charge in [-0.25, -0.2) is 14.6 Å². The Kier molecular flexibility index (Phi) is 8.64. The van der Waals surface area contributed by atoms with Crippen molar-refractivity contribution in [3.63, 3.8) is 0 Å².